The number of hydrogen-bond donors (Lipinski definition) is 2. The molecule has 2 aromatic heterocycles. The standard InChI is InChI=1S/C19H31N7/c1-15(2)25(16(3)4)12-10-22-19(20-5)23-14-17-7-9-21-18(13-17)26-11-6-8-24-26/h6-9,11,13,15-16H,10,12,14H2,1-5H3,(H2,20,22,23). The third kappa shape index (κ3) is 5.84. The van der Waals surface area contributed by atoms with Crippen LogP contribution in [0.2, 0.25) is 0 Å². The van der Waals surface area contributed by atoms with E-state index in [1.807, 2.05) is 24.4 Å². The summed E-state index contributed by atoms with van der Waals surface area (Å²) in [7, 11) is 1.79. The van der Waals surface area contributed by atoms with Gasteiger partial charge in [0.1, 0.15) is 0 Å². The highest BCUT2D eigenvalue weighted by molar-refractivity contribution is 5.79. The lowest BCUT2D eigenvalue weighted by Crippen LogP contribution is -2.45. The molecule has 0 unspecified atom stereocenters. The third-order valence-corrected chi connectivity index (χ3v) is 4.22. The Hall–Kier alpha value is -2.41. The van der Waals surface area contributed by atoms with Gasteiger partial charge in [0, 0.05) is 57.4 Å². The minimum Gasteiger partial charge on any atom is -0.355 e. The van der Waals surface area contributed by atoms with Crippen LogP contribution in [0.15, 0.2) is 41.8 Å². The smallest absolute Gasteiger partial charge is 0.191 e. The molecule has 0 aliphatic carbocycles. The molecule has 142 valence electrons. The van der Waals surface area contributed by atoms with Crippen molar-refractivity contribution in [3.05, 3.63) is 42.4 Å². The van der Waals surface area contributed by atoms with Crippen molar-refractivity contribution >= 4 is 5.96 Å². The lowest BCUT2D eigenvalue weighted by atomic mass is 10.2. The zero-order valence-electron chi connectivity index (χ0n) is 16.5. The first kappa shape index (κ1) is 19.9. The van der Waals surface area contributed by atoms with Gasteiger partial charge in [0.25, 0.3) is 0 Å². The molecule has 0 aliphatic heterocycles. The number of nitrogens with zero attached hydrogens (tertiary/aromatic N) is 5. The average molecular weight is 358 g/mol. The molecule has 7 nitrogen and oxygen atoms in total. The van der Waals surface area contributed by atoms with E-state index in [4.69, 9.17) is 0 Å². The Labute approximate surface area is 156 Å². The molecule has 2 heterocycles. The molecule has 0 aromatic carbocycles. The molecule has 0 saturated heterocycles. The first-order chi connectivity index (χ1) is 12.5. The fourth-order valence-electron chi connectivity index (χ4n) is 2.92. The molecule has 2 N–H and O–H groups in total. The van der Waals surface area contributed by atoms with Crippen molar-refractivity contribution in [3.8, 4) is 5.82 Å². The number of guanidine groups is 1. The Morgan fingerprint density at radius 3 is 2.58 bits per heavy atom. The van der Waals surface area contributed by atoms with E-state index < -0.39 is 0 Å². The van der Waals surface area contributed by atoms with Gasteiger partial charge in [0.05, 0.1) is 0 Å². The fraction of sp³-hybridized carbons (Fsp3) is 0.526. The second kappa shape index (κ2) is 9.91. The van der Waals surface area contributed by atoms with Crippen LogP contribution in [0.3, 0.4) is 0 Å². The molecular weight excluding hydrogens is 326 g/mol. The predicted octanol–water partition coefficient (Wildman–Crippen LogP) is 2.05. The summed E-state index contributed by atoms with van der Waals surface area (Å²) < 4.78 is 1.75. The van der Waals surface area contributed by atoms with Crippen LogP contribution in [0.5, 0.6) is 0 Å². The van der Waals surface area contributed by atoms with Crippen LogP contribution < -0.4 is 10.6 Å². The quantitative estimate of drug-likeness (QED) is 0.559. The van der Waals surface area contributed by atoms with E-state index in [1.54, 1.807) is 24.1 Å². The van der Waals surface area contributed by atoms with Crippen molar-refractivity contribution in [2.75, 3.05) is 20.1 Å². The summed E-state index contributed by atoms with van der Waals surface area (Å²) in [6.07, 6.45) is 5.43. The van der Waals surface area contributed by atoms with Gasteiger partial charge in [0.2, 0.25) is 0 Å². The maximum Gasteiger partial charge on any atom is 0.191 e. The van der Waals surface area contributed by atoms with E-state index in [-0.39, 0.29) is 0 Å². The van der Waals surface area contributed by atoms with E-state index in [0.717, 1.165) is 30.4 Å². The lowest BCUT2D eigenvalue weighted by molar-refractivity contribution is 0.178. The second-order valence-corrected chi connectivity index (χ2v) is 6.75. The van der Waals surface area contributed by atoms with Gasteiger partial charge in [-0.1, -0.05) is 0 Å². The van der Waals surface area contributed by atoms with Crippen molar-refractivity contribution in [3.63, 3.8) is 0 Å². The van der Waals surface area contributed by atoms with E-state index >= 15 is 0 Å². The fourth-order valence-corrected chi connectivity index (χ4v) is 2.92. The largest absolute Gasteiger partial charge is 0.355 e. The zero-order chi connectivity index (χ0) is 18.9. The van der Waals surface area contributed by atoms with Gasteiger partial charge in [-0.3, -0.25) is 9.89 Å². The van der Waals surface area contributed by atoms with Crippen molar-refractivity contribution in [1.82, 2.24) is 30.3 Å². The van der Waals surface area contributed by atoms with Crippen molar-refractivity contribution in [2.24, 2.45) is 4.99 Å². The molecule has 2 rings (SSSR count). The summed E-state index contributed by atoms with van der Waals surface area (Å²) in [4.78, 5) is 11.1. The minimum absolute atomic E-state index is 0.532. The van der Waals surface area contributed by atoms with Crippen LogP contribution in [-0.2, 0) is 6.54 Å². The highest BCUT2D eigenvalue weighted by Crippen LogP contribution is 2.06. The normalized spacial score (nSPS) is 12.2. The summed E-state index contributed by atoms with van der Waals surface area (Å²) >= 11 is 0. The topological polar surface area (TPSA) is 70.4 Å². The van der Waals surface area contributed by atoms with Crippen molar-refractivity contribution in [2.45, 2.75) is 46.3 Å². The van der Waals surface area contributed by atoms with Crippen LogP contribution in [0, 0.1) is 0 Å². The molecule has 26 heavy (non-hydrogen) atoms. The molecule has 0 amide bonds. The molecule has 0 fully saturated rings. The highest BCUT2D eigenvalue weighted by atomic mass is 15.3. The summed E-state index contributed by atoms with van der Waals surface area (Å²) in [5, 5.41) is 11.0. The SMILES string of the molecule is CN=C(NCCN(C(C)C)C(C)C)NCc1ccnc(-n2cccn2)c1. The van der Waals surface area contributed by atoms with Crippen LogP contribution >= 0.6 is 0 Å². The Morgan fingerprint density at radius 2 is 1.96 bits per heavy atom. The Bertz CT molecular complexity index is 669. The molecule has 7 heteroatoms. The number of rotatable bonds is 8. The Balaban J connectivity index is 1.85. The first-order valence-electron chi connectivity index (χ1n) is 9.16. The molecular formula is C19H31N7. The first-order valence-corrected chi connectivity index (χ1v) is 9.16. The van der Waals surface area contributed by atoms with Gasteiger partial charge < -0.3 is 10.6 Å². The van der Waals surface area contributed by atoms with Crippen LogP contribution in [0.1, 0.15) is 33.3 Å². The van der Waals surface area contributed by atoms with Crippen LogP contribution in [0.25, 0.3) is 5.82 Å². The van der Waals surface area contributed by atoms with Gasteiger partial charge in [-0.05, 0) is 51.5 Å². The lowest BCUT2D eigenvalue weighted by Gasteiger charge is -2.30. The maximum atomic E-state index is 4.35. The van der Waals surface area contributed by atoms with Crippen LogP contribution in [-0.4, -0.2) is 57.8 Å². The molecule has 2 aromatic rings. The molecule has 0 saturated carbocycles. The number of nitrogens with one attached hydrogen (secondary N) is 2. The van der Waals surface area contributed by atoms with Crippen LogP contribution in [0.4, 0.5) is 0 Å². The van der Waals surface area contributed by atoms with Gasteiger partial charge >= 0.3 is 0 Å². The zero-order valence-corrected chi connectivity index (χ0v) is 16.5. The molecule has 0 radical (unpaired) electrons. The van der Waals surface area contributed by atoms with Crippen molar-refractivity contribution < 1.29 is 0 Å². The highest BCUT2D eigenvalue weighted by Gasteiger charge is 2.12. The predicted molar refractivity (Wildman–Crippen MR) is 107 cm³/mol. The van der Waals surface area contributed by atoms with Gasteiger partial charge in [-0.15, -0.1) is 0 Å². The van der Waals surface area contributed by atoms with E-state index in [1.165, 1.54) is 0 Å². The second-order valence-electron chi connectivity index (χ2n) is 6.75. The van der Waals surface area contributed by atoms with Gasteiger partial charge in [-0.25, -0.2) is 9.67 Å². The molecule has 0 spiro atoms. The monoisotopic (exact) mass is 357 g/mol. The van der Waals surface area contributed by atoms with Gasteiger partial charge in [0.15, 0.2) is 11.8 Å². The number of aromatic nitrogens is 3. The maximum absolute atomic E-state index is 4.35. The van der Waals surface area contributed by atoms with E-state index in [0.29, 0.717) is 18.6 Å². The number of hydrogen-bond acceptors (Lipinski definition) is 4. The number of aliphatic imine (C=N–C) groups is 1. The Kier molecular flexibility index (Phi) is 7.59. The summed E-state index contributed by atoms with van der Waals surface area (Å²) in [6, 6.07) is 6.96. The summed E-state index contributed by atoms with van der Waals surface area (Å²) in [5.74, 6) is 1.61. The van der Waals surface area contributed by atoms with E-state index in [2.05, 4.69) is 58.3 Å². The summed E-state index contributed by atoms with van der Waals surface area (Å²) in [5.41, 5.74) is 1.12. The minimum atomic E-state index is 0.532. The van der Waals surface area contributed by atoms with Gasteiger partial charge in [-0.2, -0.15) is 5.10 Å². The third-order valence-electron chi connectivity index (χ3n) is 4.22. The molecule has 0 aliphatic rings. The number of pyridine rings is 1. The average Bonchev–Trinajstić information content (AvgIpc) is 3.15. The van der Waals surface area contributed by atoms with E-state index in [9.17, 15) is 0 Å². The molecule has 0 atom stereocenters. The van der Waals surface area contributed by atoms with Crippen molar-refractivity contribution in [1.29, 1.82) is 0 Å². The Morgan fingerprint density at radius 1 is 1.19 bits per heavy atom. The molecule has 0 bridgehead atoms. The summed E-state index contributed by atoms with van der Waals surface area (Å²) in [6.45, 7) is 11.4.